The van der Waals surface area contributed by atoms with Gasteiger partial charge in [0.15, 0.2) is 0 Å². The van der Waals surface area contributed by atoms with Gasteiger partial charge in [0.05, 0.1) is 11.4 Å². The van der Waals surface area contributed by atoms with Gasteiger partial charge in [0.1, 0.15) is 0 Å². The number of nitrogens with zero attached hydrogens (tertiary/aromatic N) is 4. The minimum Gasteiger partial charge on any atom is -0.220 e. The molecule has 0 N–H and O–H groups in total. The fourth-order valence-electron chi connectivity index (χ4n) is 1.97. The molecule has 0 aliphatic heterocycles. The molecule has 0 saturated carbocycles. The van der Waals surface area contributed by atoms with Gasteiger partial charge in [-0.2, -0.15) is 4.68 Å². The summed E-state index contributed by atoms with van der Waals surface area (Å²) in [6, 6.07) is 8.99. The minimum atomic E-state index is -3.58. The van der Waals surface area contributed by atoms with E-state index in [0.717, 1.165) is 25.7 Å². The van der Waals surface area contributed by atoms with Gasteiger partial charge in [-0.25, -0.2) is 8.42 Å². The van der Waals surface area contributed by atoms with E-state index in [9.17, 15) is 8.42 Å². The zero-order valence-electron chi connectivity index (χ0n) is 12.0. The third-order valence-electron chi connectivity index (χ3n) is 3.09. The van der Waals surface area contributed by atoms with Crippen LogP contribution < -0.4 is 0 Å². The maximum absolute atomic E-state index is 12.3. The van der Waals surface area contributed by atoms with Crippen LogP contribution in [-0.4, -0.2) is 28.6 Å². The van der Waals surface area contributed by atoms with Crippen molar-refractivity contribution in [2.24, 2.45) is 0 Å². The van der Waals surface area contributed by atoms with Crippen LogP contribution in [0, 0.1) is 5.75 Å². The highest BCUT2D eigenvalue weighted by Gasteiger charge is 2.23. The first-order chi connectivity index (χ1) is 10.1. The molecule has 2 rings (SSSR count). The Balaban J connectivity index is 2.09. The van der Waals surface area contributed by atoms with Crippen LogP contribution in [-0.2, 0) is 9.84 Å². The Morgan fingerprint density at radius 3 is 2.62 bits per heavy atom. The van der Waals surface area contributed by atoms with Gasteiger partial charge in [-0.3, -0.25) is 0 Å². The zero-order valence-corrected chi connectivity index (χ0v) is 12.8. The SMILES string of the molecule is CCCCCC[CH]S(=O)(=O)c1nnnn1-c1ccccc1. The minimum absolute atomic E-state index is 0.135. The molecule has 0 bridgehead atoms. The van der Waals surface area contributed by atoms with Crippen LogP contribution in [0.1, 0.15) is 39.0 Å². The number of benzene rings is 1. The molecule has 0 unspecified atom stereocenters. The third kappa shape index (κ3) is 4.10. The molecule has 0 fully saturated rings. The van der Waals surface area contributed by atoms with E-state index >= 15 is 0 Å². The van der Waals surface area contributed by atoms with Gasteiger partial charge in [-0.15, -0.1) is 0 Å². The van der Waals surface area contributed by atoms with Crippen LogP contribution in [0.3, 0.4) is 0 Å². The van der Waals surface area contributed by atoms with E-state index < -0.39 is 9.84 Å². The first kappa shape index (κ1) is 15.6. The zero-order chi connectivity index (χ0) is 15.1. The average molecular weight is 307 g/mol. The predicted molar refractivity (Wildman–Crippen MR) is 79.4 cm³/mol. The van der Waals surface area contributed by atoms with E-state index in [4.69, 9.17) is 0 Å². The van der Waals surface area contributed by atoms with Crippen molar-refractivity contribution >= 4 is 9.84 Å². The molecule has 1 heterocycles. The van der Waals surface area contributed by atoms with Gasteiger partial charge in [-0.1, -0.05) is 55.9 Å². The summed E-state index contributed by atoms with van der Waals surface area (Å²) in [4.78, 5) is 0. The molecular formula is C14H19N4O2S. The maximum atomic E-state index is 12.3. The molecule has 21 heavy (non-hydrogen) atoms. The molecule has 6 nitrogen and oxygen atoms in total. The summed E-state index contributed by atoms with van der Waals surface area (Å²) in [6.45, 7) is 2.12. The highest BCUT2D eigenvalue weighted by molar-refractivity contribution is 7.93. The molecule has 0 atom stereocenters. The highest BCUT2D eigenvalue weighted by Crippen LogP contribution is 2.17. The van der Waals surface area contributed by atoms with E-state index in [-0.39, 0.29) is 5.16 Å². The van der Waals surface area contributed by atoms with E-state index in [2.05, 4.69) is 22.4 Å². The van der Waals surface area contributed by atoms with Gasteiger partial charge in [-0.05, 0) is 29.0 Å². The van der Waals surface area contributed by atoms with Crippen LogP contribution in [0.25, 0.3) is 5.69 Å². The van der Waals surface area contributed by atoms with Crippen LogP contribution in [0.5, 0.6) is 0 Å². The first-order valence-electron chi connectivity index (χ1n) is 7.07. The Morgan fingerprint density at radius 1 is 1.14 bits per heavy atom. The van der Waals surface area contributed by atoms with Crippen molar-refractivity contribution in [3.63, 3.8) is 0 Å². The summed E-state index contributed by atoms with van der Waals surface area (Å²) in [6.07, 6.45) is 4.66. The third-order valence-corrected chi connectivity index (χ3v) is 4.53. The molecular weight excluding hydrogens is 288 g/mol. The molecule has 113 valence electrons. The Morgan fingerprint density at radius 2 is 1.90 bits per heavy atom. The van der Waals surface area contributed by atoms with Gasteiger partial charge in [0, 0.05) is 0 Å². The summed E-state index contributed by atoms with van der Waals surface area (Å²) in [5.41, 5.74) is 0.625. The second kappa shape index (κ2) is 7.31. The average Bonchev–Trinajstić information content (AvgIpc) is 2.98. The quantitative estimate of drug-likeness (QED) is 0.700. The monoisotopic (exact) mass is 307 g/mol. The number of tetrazole rings is 1. The Labute approximate surface area is 125 Å². The van der Waals surface area contributed by atoms with Crippen molar-refractivity contribution in [1.82, 2.24) is 20.2 Å². The lowest BCUT2D eigenvalue weighted by atomic mass is 10.2. The molecule has 1 aromatic carbocycles. The number of sulfone groups is 1. The van der Waals surface area contributed by atoms with E-state index in [1.807, 2.05) is 18.2 Å². The molecule has 0 amide bonds. The van der Waals surface area contributed by atoms with Gasteiger partial charge in [0.2, 0.25) is 9.84 Å². The largest absolute Gasteiger partial charge is 0.272 e. The van der Waals surface area contributed by atoms with Crippen molar-refractivity contribution in [3.05, 3.63) is 36.1 Å². The Kier molecular flexibility index (Phi) is 5.44. The van der Waals surface area contributed by atoms with Gasteiger partial charge in [0.25, 0.3) is 5.16 Å². The van der Waals surface area contributed by atoms with Crippen molar-refractivity contribution in [2.45, 2.75) is 44.2 Å². The molecule has 2 aromatic rings. The van der Waals surface area contributed by atoms with E-state index in [1.54, 1.807) is 12.1 Å². The van der Waals surface area contributed by atoms with E-state index in [0.29, 0.717) is 12.1 Å². The Bertz CT molecular complexity index is 653. The number of rotatable bonds is 8. The van der Waals surface area contributed by atoms with Gasteiger partial charge >= 0.3 is 0 Å². The predicted octanol–water partition coefficient (Wildman–Crippen LogP) is 2.57. The summed E-state index contributed by atoms with van der Waals surface area (Å²) in [7, 11) is -3.58. The molecule has 7 heteroatoms. The number of hydrogen-bond donors (Lipinski definition) is 0. The lowest BCUT2D eigenvalue weighted by Gasteiger charge is -2.05. The number of unbranched alkanes of at least 4 members (excludes halogenated alkanes) is 4. The lowest BCUT2D eigenvalue weighted by Crippen LogP contribution is -2.11. The van der Waals surface area contributed by atoms with Crippen molar-refractivity contribution < 1.29 is 8.42 Å². The lowest BCUT2D eigenvalue weighted by molar-refractivity contribution is 0.581. The number of para-hydroxylation sites is 1. The van der Waals surface area contributed by atoms with Crippen LogP contribution in [0.2, 0.25) is 0 Å². The van der Waals surface area contributed by atoms with Crippen LogP contribution in [0.15, 0.2) is 35.5 Å². The van der Waals surface area contributed by atoms with Crippen LogP contribution in [0.4, 0.5) is 0 Å². The highest BCUT2D eigenvalue weighted by atomic mass is 32.2. The summed E-state index contributed by atoms with van der Waals surface area (Å²) in [5.74, 6) is 1.31. The van der Waals surface area contributed by atoms with Gasteiger partial charge < -0.3 is 0 Å². The number of hydrogen-bond acceptors (Lipinski definition) is 5. The van der Waals surface area contributed by atoms with Crippen molar-refractivity contribution in [3.8, 4) is 5.69 Å². The summed E-state index contributed by atoms with van der Waals surface area (Å²) in [5, 5.41) is 10.8. The Hall–Kier alpha value is -1.76. The fraction of sp³-hybridized carbons (Fsp3) is 0.429. The maximum Gasteiger partial charge on any atom is 0.272 e. The molecule has 0 spiro atoms. The smallest absolute Gasteiger partial charge is 0.220 e. The standard InChI is InChI=1S/C14H19N4O2S/c1-2-3-4-5-9-12-21(19,20)14-15-16-17-18(14)13-10-7-6-8-11-13/h6-8,10-12H,2-5,9H2,1H3. The van der Waals surface area contributed by atoms with E-state index in [1.165, 1.54) is 10.4 Å². The molecule has 0 saturated heterocycles. The van der Waals surface area contributed by atoms with Crippen LogP contribution >= 0.6 is 0 Å². The fourth-order valence-corrected chi connectivity index (χ4v) is 3.13. The summed E-state index contributed by atoms with van der Waals surface area (Å²) >= 11 is 0. The number of aromatic nitrogens is 4. The van der Waals surface area contributed by atoms with Crippen molar-refractivity contribution in [1.29, 1.82) is 0 Å². The summed E-state index contributed by atoms with van der Waals surface area (Å²) < 4.78 is 25.9. The first-order valence-corrected chi connectivity index (χ1v) is 8.62. The molecule has 1 radical (unpaired) electrons. The molecule has 0 aliphatic rings. The van der Waals surface area contributed by atoms with Crippen molar-refractivity contribution in [2.75, 3.05) is 0 Å². The second-order valence-corrected chi connectivity index (χ2v) is 6.56. The normalized spacial score (nSPS) is 11.7. The topological polar surface area (TPSA) is 77.7 Å². The molecule has 1 aromatic heterocycles. The molecule has 0 aliphatic carbocycles. The second-order valence-electron chi connectivity index (χ2n) is 4.77.